The van der Waals surface area contributed by atoms with Gasteiger partial charge in [-0.25, -0.2) is 0 Å². The number of unbranched alkanes of at least 4 members (excludes halogenated alkanes) is 1. The summed E-state index contributed by atoms with van der Waals surface area (Å²) in [7, 11) is 0. The summed E-state index contributed by atoms with van der Waals surface area (Å²) in [6.45, 7) is 20.4. The molecule has 0 saturated carbocycles. The highest BCUT2D eigenvalue weighted by Gasteiger charge is 1.56. The number of hydrogen-bond donors (Lipinski definition) is 0. The molecule has 0 aliphatic heterocycles. The zero-order chi connectivity index (χ0) is 11.4. The first kappa shape index (κ1) is 29.6. The first-order chi connectivity index (χ1) is 5.91. The second kappa shape index (κ2) is 275. The molecule has 0 N–H and O–H groups in total. The minimum Gasteiger partial charge on any atom is -0.0683 e. The van der Waals surface area contributed by atoms with Crippen molar-refractivity contribution in [1.29, 1.82) is 0 Å². The molecule has 12 heavy (non-hydrogen) atoms. The summed E-state index contributed by atoms with van der Waals surface area (Å²) in [6, 6.07) is 0. The van der Waals surface area contributed by atoms with Gasteiger partial charge < -0.3 is 0 Å². The van der Waals surface area contributed by atoms with Crippen LogP contribution >= 0.6 is 0 Å². The molecule has 0 radical (unpaired) electrons. The van der Waals surface area contributed by atoms with Gasteiger partial charge in [0.05, 0.1) is 0 Å². The lowest BCUT2D eigenvalue weighted by Crippen LogP contribution is -1.47. The second-order valence-corrected chi connectivity index (χ2v) is 1.000. The van der Waals surface area contributed by atoms with Crippen molar-refractivity contribution in [2.75, 3.05) is 0 Å². The summed E-state index contributed by atoms with van der Waals surface area (Å²) in [5.41, 5.74) is 0. The predicted molar refractivity (Wildman–Crippen MR) is 68.1 cm³/mol. The van der Waals surface area contributed by atoms with E-state index in [4.69, 9.17) is 0 Å². The van der Waals surface area contributed by atoms with Crippen molar-refractivity contribution in [2.24, 2.45) is 0 Å². The molecule has 0 bridgehead atoms. The molecule has 0 unspecified atom stereocenters. The molecule has 0 saturated heterocycles. The summed E-state index contributed by atoms with van der Waals surface area (Å²) < 4.78 is 0. The average molecular weight is 180 g/mol. The maximum Gasteiger partial charge on any atom is 0 e. The van der Waals surface area contributed by atoms with Gasteiger partial charge in [0.25, 0.3) is 0 Å². The van der Waals surface area contributed by atoms with Crippen LogP contribution in [0.4, 0.5) is 0 Å². The molecule has 0 aliphatic rings. The fourth-order valence-electron chi connectivity index (χ4n) is 0. The Morgan fingerprint density at radius 2 is 0.583 bits per heavy atom. The number of rotatable bonds is 1. The van der Waals surface area contributed by atoms with E-state index in [2.05, 4.69) is 13.8 Å². The molecular weight excluding hydrogens is 144 g/mol. The topological polar surface area (TPSA) is 0 Å². The smallest absolute Gasteiger partial charge is 0 e. The van der Waals surface area contributed by atoms with Crippen molar-refractivity contribution < 1.29 is 1.43 Å². The van der Waals surface area contributed by atoms with Crippen LogP contribution < -0.4 is 0 Å². The second-order valence-electron chi connectivity index (χ2n) is 1.000. The summed E-state index contributed by atoms with van der Waals surface area (Å²) >= 11 is 0. The van der Waals surface area contributed by atoms with Gasteiger partial charge in [0.1, 0.15) is 0 Å². The SMILES string of the molecule is CC.CC.CC.CC.CCCC.[HH]. The summed E-state index contributed by atoms with van der Waals surface area (Å²) in [5, 5.41) is 0. The quantitative estimate of drug-likeness (QED) is 0.453. The van der Waals surface area contributed by atoms with Gasteiger partial charge in [-0.1, -0.05) is 82.1 Å². The van der Waals surface area contributed by atoms with Crippen LogP contribution in [-0.2, 0) is 0 Å². The van der Waals surface area contributed by atoms with E-state index in [9.17, 15) is 0 Å². The Morgan fingerprint density at radius 1 is 0.500 bits per heavy atom. The Balaban J connectivity index is -0.0000000122. The molecule has 0 atom stereocenters. The lowest BCUT2D eigenvalue weighted by molar-refractivity contribution is 0.886. The highest BCUT2D eigenvalue weighted by atomic mass is 13.6. The van der Waals surface area contributed by atoms with Gasteiger partial charge in [0, 0.05) is 1.43 Å². The number of hydrogen-bond acceptors (Lipinski definition) is 0. The normalized spacial score (nSPS) is 4.50. The third kappa shape index (κ3) is 810. The van der Waals surface area contributed by atoms with Crippen LogP contribution in [0.15, 0.2) is 0 Å². The minimum atomic E-state index is 0. The Bertz CT molecular complexity index is 7.09. The largest absolute Gasteiger partial charge is 0.0683 e. The van der Waals surface area contributed by atoms with Crippen LogP contribution in [0.1, 0.15) is 83.5 Å². The third-order valence-corrected chi connectivity index (χ3v) is 0.500. The van der Waals surface area contributed by atoms with Gasteiger partial charge in [-0.05, 0) is 0 Å². The maximum absolute atomic E-state index is 2.18. The molecule has 0 aliphatic carbocycles. The van der Waals surface area contributed by atoms with Crippen LogP contribution in [0.3, 0.4) is 0 Å². The van der Waals surface area contributed by atoms with Crippen molar-refractivity contribution >= 4 is 0 Å². The molecule has 0 heteroatoms. The molecule has 0 spiro atoms. The molecule has 0 nitrogen and oxygen atoms in total. The van der Waals surface area contributed by atoms with Gasteiger partial charge in [-0.3, -0.25) is 0 Å². The monoisotopic (exact) mass is 180 g/mol. The van der Waals surface area contributed by atoms with E-state index >= 15 is 0 Å². The van der Waals surface area contributed by atoms with E-state index in [0.29, 0.717) is 0 Å². The molecule has 0 aromatic carbocycles. The van der Waals surface area contributed by atoms with Crippen molar-refractivity contribution in [3.63, 3.8) is 0 Å². The Labute approximate surface area is 84.3 Å². The Hall–Kier alpha value is 0. The fraction of sp³-hybridized carbons (Fsp3) is 1.00. The van der Waals surface area contributed by atoms with Gasteiger partial charge >= 0.3 is 0 Å². The zero-order valence-corrected chi connectivity index (χ0v) is 11.4. The lowest BCUT2D eigenvalue weighted by atomic mass is 10.4. The van der Waals surface area contributed by atoms with Crippen molar-refractivity contribution in [1.82, 2.24) is 0 Å². The van der Waals surface area contributed by atoms with E-state index in [1.807, 2.05) is 55.4 Å². The van der Waals surface area contributed by atoms with E-state index in [1.54, 1.807) is 0 Å². The van der Waals surface area contributed by atoms with Crippen molar-refractivity contribution in [2.45, 2.75) is 82.1 Å². The van der Waals surface area contributed by atoms with Gasteiger partial charge in [0.2, 0.25) is 0 Å². The zero-order valence-electron chi connectivity index (χ0n) is 11.4. The lowest BCUT2D eigenvalue weighted by Gasteiger charge is -1.68. The Kier molecular flexibility index (Phi) is 679. The predicted octanol–water partition coefficient (Wildman–Crippen LogP) is 6.16. The first-order valence-electron chi connectivity index (χ1n) is 5.91. The Morgan fingerprint density at radius 3 is 0.583 bits per heavy atom. The molecule has 84 valence electrons. The van der Waals surface area contributed by atoms with Crippen LogP contribution in [0.5, 0.6) is 0 Å². The van der Waals surface area contributed by atoms with E-state index < -0.39 is 0 Å². The highest BCUT2D eigenvalue weighted by Crippen LogP contribution is 1.76. The summed E-state index contributed by atoms with van der Waals surface area (Å²) in [5.74, 6) is 0. The summed E-state index contributed by atoms with van der Waals surface area (Å²) in [4.78, 5) is 0. The van der Waals surface area contributed by atoms with E-state index in [-0.39, 0.29) is 1.43 Å². The summed E-state index contributed by atoms with van der Waals surface area (Å²) in [6.07, 6.45) is 2.64. The molecule has 0 amide bonds. The van der Waals surface area contributed by atoms with Crippen LogP contribution in [-0.4, -0.2) is 0 Å². The standard InChI is InChI=1S/C4H10.4C2H6.H2/c1-3-4-2;4*1-2;/h3-4H2,1-2H3;4*1-2H3;1H. The van der Waals surface area contributed by atoms with Gasteiger partial charge in [0.15, 0.2) is 0 Å². The molecule has 0 aromatic heterocycles. The molecule has 0 aromatic rings. The van der Waals surface area contributed by atoms with Crippen molar-refractivity contribution in [3.8, 4) is 0 Å². The molecule has 0 rings (SSSR count). The van der Waals surface area contributed by atoms with Crippen LogP contribution in [0.25, 0.3) is 0 Å². The highest BCUT2D eigenvalue weighted by molar-refractivity contribution is 4.12. The fourth-order valence-corrected chi connectivity index (χ4v) is 0. The molecule has 0 fully saturated rings. The van der Waals surface area contributed by atoms with E-state index in [0.717, 1.165) is 0 Å². The van der Waals surface area contributed by atoms with Crippen molar-refractivity contribution in [3.05, 3.63) is 0 Å². The van der Waals surface area contributed by atoms with Gasteiger partial charge in [-0.15, -0.1) is 0 Å². The van der Waals surface area contributed by atoms with Gasteiger partial charge in [-0.2, -0.15) is 0 Å². The van der Waals surface area contributed by atoms with Crippen LogP contribution in [0, 0.1) is 0 Å². The third-order valence-electron chi connectivity index (χ3n) is 0.500. The van der Waals surface area contributed by atoms with E-state index in [1.165, 1.54) is 12.8 Å². The first-order valence-corrected chi connectivity index (χ1v) is 5.91. The maximum atomic E-state index is 2.18. The molecule has 0 heterocycles. The minimum absolute atomic E-state index is 0. The molecular formula is C12H36. The van der Waals surface area contributed by atoms with Crippen LogP contribution in [0.2, 0.25) is 0 Å². The average Bonchev–Trinajstić information content (AvgIpc) is 2.29.